The van der Waals surface area contributed by atoms with E-state index in [2.05, 4.69) is 101 Å². The first kappa shape index (κ1) is 15.2. The monoisotopic (exact) mass is 369 g/mol. The van der Waals surface area contributed by atoms with Gasteiger partial charge in [0.05, 0.1) is 17.4 Å². The SMILES string of the molecule is c1ccc(N2c3ccccc3B3c4c2cccc4-n2ncc4cccc3c42)cc1. The van der Waals surface area contributed by atoms with E-state index in [1.807, 2.05) is 6.20 Å². The fourth-order valence-corrected chi connectivity index (χ4v) is 5.14. The number of fused-ring (bicyclic) bond motifs is 4. The fourth-order valence-electron chi connectivity index (χ4n) is 5.14. The maximum absolute atomic E-state index is 4.75. The lowest BCUT2D eigenvalue weighted by Crippen LogP contribution is -2.60. The van der Waals surface area contributed by atoms with Crippen molar-refractivity contribution in [2.45, 2.75) is 0 Å². The first-order valence-electron chi connectivity index (χ1n) is 9.96. The number of anilines is 3. The zero-order valence-electron chi connectivity index (χ0n) is 15.7. The Morgan fingerprint density at radius 2 is 1.34 bits per heavy atom. The van der Waals surface area contributed by atoms with Gasteiger partial charge in [-0.1, -0.05) is 60.7 Å². The summed E-state index contributed by atoms with van der Waals surface area (Å²) < 4.78 is 2.12. The van der Waals surface area contributed by atoms with Crippen molar-refractivity contribution in [1.82, 2.24) is 9.78 Å². The van der Waals surface area contributed by atoms with Crippen LogP contribution in [0.25, 0.3) is 16.6 Å². The Balaban J connectivity index is 1.65. The number of para-hydroxylation sites is 3. The van der Waals surface area contributed by atoms with Crippen molar-refractivity contribution in [3.05, 3.63) is 97.2 Å². The highest BCUT2D eigenvalue weighted by molar-refractivity contribution is 7.00. The van der Waals surface area contributed by atoms with Gasteiger partial charge in [-0.15, -0.1) is 0 Å². The topological polar surface area (TPSA) is 21.1 Å². The summed E-state index contributed by atoms with van der Waals surface area (Å²) in [5, 5.41) is 5.95. The second kappa shape index (κ2) is 5.39. The van der Waals surface area contributed by atoms with E-state index in [0.29, 0.717) is 0 Å². The molecule has 29 heavy (non-hydrogen) atoms. The van der Waals surface area contributed by atoms with Crippen LogP contribution in [0.1, 0.15) is 0 Å². The quantitative estimate of drug-likeness (QED) is 0.412. The standard InChI is InChI=1S/C25H16BN3/c1-2-9-18(10-3-1)28-21-13-5-4-11-19(21)26-20-12-6-8-17-16-27-29(25(17)20)23-15-7-14-22(28)24(23)26/h1-16H. The molecule has 134 valence electrons. The molecule has 0 fully saturated rings. The predicted molar refractivity (Wildman–Crippen MR) is 120 cm³/mol. The van der Waals surface area contributed by atoms with Gasteiger partial charge in [-0.05, 0) is 46.7 Å². The molecule has 0 saturated heterocycles. The van der Waals surface area contributed by atoms with Crippen LogP contribution in [0, 0.1) is 0 Å². The van der Waals surface area contributed by atoms with E-state index in [0.717, 1.165) is 0 Å². The van der Waals surface area contributed by atoms with Crippen LogP contribution >= 0.6 is 0 Å². The number of nitrogens with zero attached hydrogens (tertiary/aromatic N) is 3. The highest BCUT2D eigenvalue weighted by Crippen LogP contribution is 2.38. The van der Waals surface area contributed by atoms with E-state index in [9.17, 15) is 0 Å². The minimum absolute atomic E-state index is 0.213. The molecule has 2 aliphatic rings. The average Bonchev–Trinajstić information content (AvgIpc) is 3.22. The zero-order chi connectivity index (χ0) is 18.9. The van der Waals surface area contributed by atoms with Crippen molar-refractivity contribution < 1.29 is 0 Å². The van der Waals surface area contributed by atoms with Crippen LogP contribution in [0.3, 0.4) is 0 Å². The highest BCUT2D eigenvalue weighted by Gasteiger charge is 2.40. The minimum atomic E-state index is 0.213. The van der Waals surface area contributed by atoms with Gasteiger partial charge in [0.2, 0.25) is 0 Å². The van der Waals surface area contributed by atoms with Crippen LogP contribution in [0.15, 0.2) is 97.2 Å². The highest BCUT2D eigenvalue weighted by atomic mass is 15.3. The summed E-state index contributed by atoms with van der Waals surface area (Å²) in [6, 6.07) is 32.6. The lowest BCUT2D eigenvalue weighted by atomic mass is 9.34. The normalized spacial score (nSPS) is 13.4. The molecule has 0 aliphatic carbocycles. The molecule has 0 spiro atoms. The molecule has 0 atom stereocenters. The van der Waals surface area contributed by atoms with Crippen molar-refractivity contribution in [3.63, 3.8) is 0 Å². The maximum atomic E-state index is 4.75. The molecule has 3 heterocycles. The molecule has 0 unspecified atom stereocenters. The van der Waals surface area contributed by atoms with E-state index in [1.165, 1.54) is 50.0 Å². The van der Waals surface area contributed by atoms with Crippen molar-refractivity contribution in [3.8, 4) is 5.69 Å². The third-order valence-electron chi connectivity index (χ3n) is 6.25. The van der Waals surface area contributed by atoms with E-state index >= 15 is 0 Å². The smallest absolute Gasteiger partial charge is 0.252 e. The number of hydrogen-bond donors (Lipinski definition) is 0. The molecule has 4 aromatic carbocycles. The Bertz CT molecular complexity index is 1420. The number of hydrogen-bond acceptors (Lipinski definition) is 2. The Morgan fingerprint density at radius 1 is 0.621 bits per heavy atom. The molecule has 0 amide bonds. The van der Waals surface area contributed by atoms with Gasteiger partial charge in [0.25, 0.3) is 6.71 Å². The molecule has 1 aromatic heterocycles. The Hall–Kier alpha value is -3.79. The van der Waals surface area contributed by atoms with Crippen molar-refractivity contribution in [1.29, 1.82) is 0 Å². The van der Waals surface area contributed by atoms with E-state index in [1.54, 1.807) is 0 Å². The van der Waals surface area contributed by atoms with Crippen molar-refractivity contribution in [2.24, 2.45) is 0 Å². The number of rotatable bonds is 1. The van der Waals surface area contributed by atoms with Gasteiger partial charge in [0.1, 0.15) is 0 Å². The van der Waals surface area contributed by atoms with Crippen LogP contribution in [-0.2, 0) is 0 Å². The summed E-state index contributed by atoms with van der Waals surface area (Å²) in [4.78, 5) is 2.39. The van der Waals surface area contributed by atoms with Gasteiger partial charge in [-0.25, -0.2) is 4.68 Å². The fraction of sp³-hybridized carbons (Fsp3) is 0. The van der Waals surface area contributed by atoms with Gasteiger partial charge < -0.3 is 4.90 Å². The van der Waals surface area contributed by atoms with Crippen LogP contribution in [-0.4, -0.2) is 16.5 Å². The van der Waals surface area contributed by atoms with Gasteiger partial charge in [0.15, 0.2) is 0 Å². The molecule has 5 aromatic rings. The van der Waals surface area contributed by atoms with Crippen molar-refractivity contribution >= 4 is 51.1 Å². The molecule has 7 rings (SSSR count). The van der Waals surface area contributed by atoms with Crippen molar-refractivity contribution in [2.75, 3.05) is 4.90 Å². The summed E-state index contributed by atoms with van der Waals surface area (Å²) in [6.07, 6.45) is 1.98. The summed E-state index contributed by atoms with van der Waals surface area (Å²) in [5.74, 6) is 0. The summed E-state index contributed by atoms with van der Waals surface area (Å²) in [6.45, 7) is 0.213. The minimum Gasteiger partial charge on any atom is -0.311 e. The molecule has 0 radical (unpaired) electrons. The molecular weight excluding hydrogens is 353 g/mol. The number of benzene rings is 4. The summed E-state index contributed by atoms with van der Waals surface area (Å²) in [7, 11) is 0. The lowest BCUT2D eigenvalue weighted by Gasteiger charge is -2.39. The Kier molecular flexibility index (Phi) is 2.82. The van der Waals surface area contributed by atoms with Gasteiger partial charge in [-0.2, -0.15) is 5.10 Å². The molecule has 0 saturated carbocycles. The predicted octanol–water partition coefficient (Wildman–Crippen LogP) is 3.64. The molecule has 2 aliphatic heterocycles. The van der Waals surface area contributed by atoms with Gasteiger partial charge in [-0.3, -0.25) is 0 Å². The second-order valence-corrected chi connectivity index (χ2v) is 7.71. The zero-order valence-corrected chi connectivity index (χ0v) is 15.7. The average molecular weight is 369 g/mol. The summed E-state index contributed by atoms with van der Waals surface area (Å²) >= 11 is 0. The number of aromatic nitrogens is 2. The first-order chi connectivity index (χ1) is 14.4. The molecule has 3 nitrogen and oxygen atoms in total. The molecule has 4 heteroatoms. The lowest BCUT2D eigenvalue weighted by molar-refractivity contribution is 0.914. The Morgan fingerprint density at radius 3 is 2.28 bits per heavy atom. The molecule has 0 bridgehead atoms. The van der Waals surface area contributed by atoms with Crippen LogP contribution in [0.2, 0.25) is 0 Å². The second-order valence-electron chi connectivity index (χ2n) is 7.71. The largest absolute Gasteiger partial charge is 0.311 e. The van der Waals surface area contributed by atoms with Gasteiger partial charge >= 0.3 is 0 Å². The van der Waals surface area contributed by atoms with Gasteiger partial charge in [0, 0.05) is 22.4 Å². The third kappa shape index (κ3) is 1.86. The molecule has 0 N–H and O–H groups in total. The van der Waals surface area contributed by atoms with E-state index < -0.39 is 0 Å². The molecular formula is C25H16BN3. The third-order valence-corrected chi connectivity index (χ3v) is 6.25. The van der Waals surface area contributed by atoms with Crippen LogP contribution in [0.5, 0.6) is 0 Å². The first-order valence-corrected chi connectivity index (χ1v) is 9.96. The summed E-state index contributed by atoms with van der Waals surface area (Å²) in [5.41, 5.74) is 10.1. The van der Waals surface area contributed by atoms with E-state index in [-0.39, 0.29) is 6.71 Å². The van der Waals surface area contributed by atoms with Crippen LogP contribution in [0.4, 0.5) is 17.1 Å². The Labute approximate surface area is 168 Å². The van der Waals surface area contributed by atoms with E-state index in [4.69, 9.17) is 5.10 Å². The maximum Gasteiger partial charge on any atom is 0.252 e. The van der Waals surface area contributed by atoms with Crippen LogP contribution < -0.4 is 21.3 Å².